The normalized spacial score (nSPS) is 18.6. The minimum absolute atomic E-state index is 0.463. The van der Waals surface area contributed by atoms with Crippen molar-refractivity contribution in [3.8, 4) is 5.75 Å². The van der Waals surface area contributed by atoms with Crippen LogP contribution >= 0.6 is 0 Å². The van der Waals surface area contributed by atoms with Gasteiger partial charge in [-0.3, -0.25) is 4.90 Å². The summed E-state index contributed by atoms with van der Waals surface area (Å²) in [4.78, 5) is 2.55. The molecule has 1 aliphatic rings. The Kier molecular flexibility index (Phi) is 3.75. The van der Waals surface area contributed by atoms with Gasteiger partial charge < -0.3 is 4.74 Å². The topological polar surface area (TPSA) is 12.5 Å². The second-order valence-corrected chi connectivity index (χ2v) is 5.45. The van der Waals surface area contributed by atoms with Crippen LogP contribution in [0.4, 0.5) is 0 Å². The van der Waals surface area contributed by atoms with Crippen molar-refractivity contribution in [1.29, 1.82) is 0 Å². The number of methoxy groups -OCH3 is 1. The standard InChI is InChI=1S/C18H21NO/c1-14-18-9-8-17(20-2)12-16(18)10-11-19(14)13-15-6-4-3-5-7-15/h3-9,12,14H,10-11,13H2,1-2H3. The van der Waals surface area contributed by atoms with E-state index in [4.69, 9.17) is 4.74 Å². The summed E-state index contributed by atoms with van der Waals surface area (Å²) in [5, 5.41) is 0. The fourth-order valence-corrected chi connectivity index (χ4v) is 3.02. The zero-order valence-electron chi connectivity index (χ0n) is 12.2. The Labute approximate surface area is 121 Å². The molecule has 0 aliphatic carbocycles. The number of hydrogen-bond donors (Lipinski definition) is 0. The molecule has 3 rings (SSSR count). The third-order valence-electron chi connectivity index (χ3n) is 4.24. The molecular weight excluding hydrogens is 246 g/mol. The molecule has 104 valence electrons. The van der Waals surface area contributed by atoms with Gasteiger partial charge in [0, 0.05) is 19.1 Å². The van der Waals surface area contributed by atoms with E-state index in [-0.39, 0.29) is 0 Å². The van der Waals surface area contributed by atoms with Crippen LogP contribution in [0.1, 0.15) is 29.7 Å². The van der Waals surface area contributed by atoms with Crippen molar-refractivity contribution in [3.05, 3.63) is 65.2 Å². The summed E-state index contributed by atoms with van der Waals surface area (Å²) < 4.78 is 5.32. The van der Waals surface area contributed by atoms with E-state index in [0.717, 1.165) is 25.3 Å². The summed E-state index contributed by atoms with van der Waals surface area (Å²) in [5.41, 5.74) is 4.26. The molecule has 0 aromatic heterocycles. The maximum atomic E-state index is 5.32. The van der Waals surface area contributed by atoms with E-state index in [9.17, 15) is 0 Å². The van der Waals surface area contributed by atoms with Crippen molar-refractivity contribution >= 4 is 0 Å². The molecule has 0 amide bonds. The maximum Gasteiger partial charge on any atom is 0.119 e. The Hall–Kier alpha value is -1.80. The average molecular weight is 267 g/mol. The van der Waals surface area contributed by atoms with Gasteiger partial charge in [0.15, 0.2) is 0 Å². The highest BCUT2D eigenvalue weighted by atomic mass is 16.5. The minimum atomic E-state index is 0.463. The van der Waals surface area contributed by atoms with Crippen molar-refractivity contribution < 1.29 is 4.74 Å². The molecule has 0 fully saturated rings. The van der Waals surface area contributed by atoms with Gasteiger partial charge in [-0.15, -0.1) is 0 Å². The first-order chi connectivity index (χ1) is 9.78. The molecule has 0 radical (unpaired) electrons. The molecule has 2 heteroatoms. The van der Waals surface area contributed by atoms with Crippen LogP contribution in [0.25, 0.3) is 0 Å². The van der Waals surface area contributed by atoms with Crippen LogP contribution < -0.4 is 4.74 Å². The molecular formula is C18H21NO. The first kappa shape index (κ1) is 13.2. The summed E-state index contributed by atoms with van der Waals surface area (Å²) in [5.74, 6) is 0.965. The fourth-order valence-electron chi connectivity index (χ4n) is 3.02. The maximum absolute atomic E-state index is 5.32. The predicted octanol–water partition coefficient (Wildman–Crippen LogP) is 3.81. The van der Waals surface area contributed by atoms with Crippen molar-refractivity contribution in [2.24, 2.45) is 0 Å². The van der Waals surface area contributed by atoms with Crippen molar-refractivity contribution in [2.45, 2.75) is 25.9 Å². The zero-order valence-corrected chi connectivity index (χ0v) is 12.2. The number of nitrogens with zero attached hydrogens (tertiary/aromatic N) is 1. The van der Waals surface area contributed by atoms with Crippen LogP contribution in [0.3, 0.4) is 0 Å². The summed E-state index contributed by atoms with van der Waals surface area (Å²) in [6, 6.07) is 17.6. The van der Waals surface area contributed by atoms with E-state index >= 15 is 0 Å². The smallest absolute Gasteiger partial charge is 0.119 e. The van der Waals surface area contributed by atoms with Crippen LogP contribution in [-0.4, -0.2) is 18.6 Å². The Morgan fingerprint density at radius 1 is 1.15 bits per heavy atom. The molecule has 2 nitrogen and oxygen atoms in total. The lowest BCUT2D eigenvalue weighted by Crippen LogP contribution is -2.33. The van der Waals surface area contributed by atoms with Gasteiger partial charge >= 0.3 is 0 Å². The van der Waals surface area contributed by atoms with Crippen molar-refractivity contribution in [3.63, 3.8) is 0 Å². The minimum Gasteiger partial charge on any atom is -0.497 e. The molecule has 0 bridgehead atoms. The van der Waals surface area contributed by atoms with Crippen LogP contribution in [0.2, 0.25) is 0 Å². The van der Waals surface area contributed by atoms with Crippen molar-refractivity contribution in [2.75, 3.05) is 13.7 Å². The largest absolute Gasteiger partial charge is 0.497 e. The third-order valence-corrected chi connectivity index (χ3v) is 4.24. The molecule has 1 unspecified atom stereocenters. The third kappa shape index (κ3) is 2.56. The lowest BCUT2D eigenvalue weighted by Gasteiger charge is -2.35. The van der Waals surface area contributed by atoms with Gasteiger partial charge in [0.05, 0.1) is 7.11 Å². The van der Waals surface area contributed by atoms with E-state index in [1.54, 1.807) is 7.11 Å². The molecule has 20 heavy (non-hydrogen) atoms. The molecule has 1 atom stereocenters. The Bertz CT molecular complexity index is 579. The van der Waals surface area contributed by atoms with E-state index in [1.807, 2.05) is 0 Å². The lowest BCUT2D eigenvalue weighted by atomic mass is 9.93. The number of hydrogen-bond acceptors (Lipinski definition) is 2. The van der Waals surface area contributed by atoms with E-state index in [1.165, 1.54) is 16.7 Å². The highest BCUT2D eigenvalue weighted by molar-refractivity contribution is 5.39. The number of benzene rings is 2. The SMILES string of the molecule is COc1ccc2c(c1)CCN(Cc1ccccc1)C2C. The Balaban J connectivity index is 1.80. The molecule has 2 aromatic rings. The fraction of sp³-hybridized carbons (Fsp3) is 0.333. The Morgan fingerprint density at radius 3 is 2.70 bits per heavy atom. The number of fused-ring (bicyclic) bond motifs is 1. The second-order valence-electron chi connectivity index (χ2n) is 5.45. The second kappa shape index (κ2) is 5.68. The van der Waals surface area contributed by atoms with Crippen LogP contribution in [0, 0.1) is 0 Å². The summed E-state index contributed by atoms with van der Waals surface area (Å²) in [6.07, 6.45) is 1.10. The molecule has 2 aromatic carbocycles. The van der Waals surface area contributed by atoms with E-state index in [0.29, 0.717) is 6.04 Å². The van der Waals surface area contributed by atoms with Gasteiger partial charge in [-0.05, 0) is 42.2 Å². The predicted molar refractivity (Wildman–Crippen MR) is 82.0 cm³/mol. The number of ether oxygens (including phenoxy) is 1. The lowest BCUT2D eigenvalue weighted by molar-refractivity contribution is 0.189. The van der Waals surface area contributed by atoms with E-state index in [2.05, 4.69) is 60.4 Å². The van der Waals surface area contributed by atoms with Crippen LogP contribution in [-0.2, 0) is 13.0 Å². The molecule has 1 heterocycles. The molecule has 0 spiro atoms. The molecule has 0 saturated heterocycles. The van der Waals surface area contributed by atoms with Gasteiger partial charge in [-0.2, -0.15) is 0 Å². The molecule has 0 N–H and O–H groups in total. The highest BCUT2D eigenvalue weighted by Crippen LogP contribution is 2.32. The van der Waals surface area contributed by atoms with Gasteiger partial charge in [-0.25, -0.2) is 0 Å². The van der Waals surface area contributed by atoms with Gasteiger partial charge in [0.1, 0.15) is 5.75 Å². The van der Waals surface area contributed by atoms with Gasteiger partial charge in [0.2, 0.25) is 0 Å². The summed E-state index contributed by atoms with van der Waals surface area (Å²) in [6.45, 7) is 4.43. The monoisotopic (exact) mass is 267 g/mol. The summed E-state index contributed by atoms with van der Waals surface area (Å²) in [7, 11) is 1.73. The first-order valence-electron chi connectivity index (χ1n) is 7.22. The number of rotatable bonds is 3. The zero-order chi connectivity index (χ0) is 13.9. The van der Waals surface area contributed by atoms with Crippen LogP contribution in [0.15, 0.2) is 48.5 Å². The molecule has 1 aliphatic heterocycles. The quantitative estimate of drug-likeness (QED) is 0.838. The van der Waals surface area contributed by atoms with Crippen molar-refractivity contribution in [1.82, 2.24) is 4.90 Å². The van der Waals surface area contributed by atoms with Gasteiger partial charge in [0.25, 0.3) is 0 Å². The van der Waals surface area contributed by atoms with Gasteiger partial charge in [-0.1, -0.05) is 36.4 Å². The van der Waals surface area contributed by atoms with E-state index < -0.39 is 0 Å². The summed E-state index contributed by atoms with van der Waals surface area (Å²) >= 11 is 0. The first-order valence-corrected chi connectivity index (χ1v) is 7.22. The highest BCUT2D eigenvalue weighted by Gasteiger charge is 2.23. The Morgan fingerprint density at radius 2 is 1.95 bits per heavy atom. The average Bonchev–Trinajstić information content (AvgIpc) is 2.51. The van der Waals surface area contributed by atoms with Crippen LogP contribution in [0.5, 0.6) is 5.75 Å². The molecule has 0 saturated carbocycles.